The number of hydrogen-bond donors (Lipinski definition) is 1. The molecule has 8 aromatic rings. The molecule has 3 nitrogen and oxygen atoms in total. The van der Waals surface area contributed by atoms with E-state index in [4.69, 9.17) is 5.73 Å². The van der Waals surface area contributed by atoms with E-state index in [0.717, 1.165) is 24.2 Å². The standard InChI is InChI=1S/C44H35N3S/c1-26-13-10-18-30-29-16-6-8-23-37(29)47(40(26)30)42-31(19-12-22-36(42)45)32-20-11-21-33-35-25-27(2)41-39(44(35)48-43(32)33)34-17-7-9-24-38(34)46(41)28-14-4-3-5-15-28/h3-12,14-24,26-27H,13,25,45H2,1-2H3/t26?,27-/m1/s1. The third kappa shape index (κ3) is 3.75. The van der Waals surface area contributed by atoms with E-state index < -0.39 is 0 Å². The first-order chi connectivity index (χ1) is 23.6. The molecular formula is C44H35N3S. The van der Waals surface area contributed by atoms with Crippen LogP contribution in [0, 0.1) is 0 Å². The lowest BCUT2D eigenvalue weighted by molar-refractivity contribution is 0.712. The van der Waals surface area contributed by atoms with Gasteiger partial charge in [0.2, 0.25) is 0 Å². The summed E-state index contributed by atoms with van der Waals surface area (Å²) < 4.78 is 6.32. The third-order valence-corrected chi connectivity index (χ3v) is 12.0. The monoisotopic (exact) mass is 637 g/mol. The van der Waals surface area contributed by atoms with Crippen LogP contribution in [0.15, 0.2) is 121 Å². The fraction of sp³-hybridized carbons (Fsp3) is 0.136. The average molecular weight is 638 g/mol. The van der Waals surface area contributed by atoms with Gasteiger partial charge in [0.05, 0.1) is 22.4 Å². The number of aromatic nitrogens is 2. The molecule has 2 atom stereocenters. The van der Waals surface area contributed by atoms with Crippen molar-refractivity contribution < 1.29 is 0 Å². The van der Waals surface area contributed by atoms with Gasteiger partial charge in [-0.2, -0.15) is 0 Å². The van der Waals surface area contributed by atoms with E-state index in [-0.39, 0.29) is 0 Å². The molecule has 0 fully saturated rings. The summed E-state index contributed by atoms with van der Waals surface area (Å²) >= 11 is 1.96. The van der Waals surface area contributed by atoms with Crippen molar-refractivity contribution in [3.63, 3.8) is 0 Å². The molecule has 10 rings (SSSR count). The quantitative estimate of drug-likeness (QED) is 0.192. The van der Waals surface area contributed by atoms with Crippen molar-refractivity contribution in [1.29, 1.82) is 0 Å². The van der Waals surface area contributed by atoms with Crippen LogP contribution in [0.1, 0.15) is 54.6 Å². The van der Waals surface area contributed by atoms with Crippen molar-refractivity contribution in [3.8, 4) is 32.9 Å². The SMILES string of the molecule is CC1CC=Cc2c1n(-c1c(N)cccc1-c1cccc3c4c(sc13)-c1c(n(-c3ccccc3)c3ccccc13)[C@H](C)C4)c1ccccc21. The van der Waals surface area contributed by atoms with Crippen LogP contribution in [-0.2, 0) is 6.42 Å². The van der Waals surface area contributed by atoms with Gasteiger partial charge >= 0.3 is 0 Å². The molecule has 232 valence electrons. The summed E-state index contributed by atoms with van der Waals surface area (Å²) in [6.45, 7) is 4.74. The zero-order valence-corrected chi connectivity index (χ0v) is 27.9. The lowest BCUT2D eigenvalue weighted by Crippen LogP contribution is -2.11. The van der Waals surface area contributed by atoms with Gasteiger partial charge in [-0.05, 0) is 54.1 Å². The molecular weight excluding hydrogens is 603 g/mol. The summed E-state index contributed by atoms with van der Waals surface area (Å²) in [6, 6.07) is 42.0. The first kappa shape index (κ1) is 27.8. The number of nitrogens with two attached hydrogens (primary N) is 1. The maximum Gasteiger partial charge on any atom is 0.0768 e. The Labute approximate surface area is 284 Å². The number of nitrogen functional groups attached to an aromatic ring is 1. The molecule has 0 saturated heterocycles. The largest absolute Gasteiger partial charge is 0.397 e. The smallest absolute Gasteiger partial charge is 0.0768 e. The normalized spacial score (nSPS) is 16.8. The number of fused-ring (bicyclic) bond motifs is 10. The van der Waals surface area contributed by atoms with Gasteiger partial charge in [-0.15, -0.1) is 11.3 Å². The van der Waals surface area contributed by atoms with Gasteiger partial charge in [0, 0.05) is 71.5 Å². The highest BCUT2D eigenvalue weighted by molar-refractivity contribution is 7.23. The van der Waals surface area contributed by atoms with Crippen LogP contribution in [0.3, 0.4) is 0 Å². The van der Waals surface area contributed by atoms with E-state index in [1.54, 1.807) is 0 Å². The van der Waals surface area contributed by atoms with E-state index in [1.165, 1.54) is 81.7 Å². The predicted octanol–water partition coefficient (Wildman–Crippen LogP) is 11.9. The second kappa shape index (κ2) is 10.3. The first-order valence-corrected chi connectivity index (χ1v) is 17.8. The van der Waals surface area contributed by atoms with Gasteiger partial charge in [-0.3, -0.25) is 0 Å². The van der Waals surface area contributed by atoms with E-state index in [1.807, 2.05) is 11.3 Å². The number of anilines is 1. The second-order valence-corrected chi connectivity index (χ2v) is 14.6. The maximum atomic E-state index is 7.02. The summed E-state index contributed by atoms with van der Waals surface area (Å²) in [5, 5.41) is 3.98. The highest BCUT2D eigenvalue weighted by Crippen LogP contribution is 2.54. The van der Waals surface area contributed by atoms with Crippen molar-refractivity contribution in [1.82, 2.24) is 9.13 Å². The van der Waals surface area contributed by atoms with E-state index in [2.05, 4.69) is 150 Å². The minimum Gasteiger partial charge on any atom is -0.397 e. The molecule has 4 heteroatoms. The number of benzene rings is 5. The molecule has 5 aromatic carbocycles. The number of hydrogen-bond acceptors (Lipinski definition) is 2. The summed E-state index contributed by atoms with van der Waals surface area (Å²) in [7, 11) is 0. The Morgan fingerprint density at radius 2 is 1.33 bits per heavy atom. The van der Waals surface area contributed by atoms with E-state index >= 15 is 0 Å². The lowest BCUT2D eigenvalue weighted by Gasteiger charge is -2.23. The molecule has 0 amide bonds. The Hall–Kier alpha value is -5.32. The lowest BCUT2D eigenvalue weighted by atomic mass is 9.85. The summed E-state index contributed by atoms with van der Waals surface area (Å²) in [5.74, 6) is 0.758. The van der Waals surface area contributed by atoms with Gasteiger partial charge in [-0.25, -0.2) is 0 Å². The number of para-hydroxylation sites is 4. The molecule has 48 heavy (non-hydrogen) atoms. The van der Waals surface area contributed by atoms with Crippen molar-refractivity contribution >= 4 is 55.0 Å². The molecule has 2 N–H and O–H groups in total. The number of allylic oxidation sites excluding steroid dienone is 1. The topological polar surface area (TPSA) is 35.9 Å². The Bertz CT molecular complexity index is 2610. The van der Waals surface area contributed by atoms with Gasteiger partial charge in [0.15, 0.2) is 0 Å². The Balaban J connectivity index is 1.26. The number of rotatable bonds is 3. The molecule has 0 spiro atoms. The van der Waals surface area contributed by atoms with Crippen LogP contribution >= 0.6 is 11.3 Å². The van der Waals surface area contributed by atoms with Crippen LogP contribution in [0.4, 0.5) is 5.69 Å². The van der Waals surface area contributed by atoms with Crippen LogP contribution < -0.4 is 5.73 Å². The Morgan fingerprint density at radius 1 is 0.646 bits per heavy atom. The Morgan fingerprint density at radius 3 is 2.17 bits per heavy atom. The average Bonchev–Trinajstić information content (AvgIpc) is 3.78. The van der Waals surface area contributed by atoms with E-state index in [9.17, 15) is 0 Å². The van der Waals surface area contributed by atoms with Crippen LogP contribution in [0.5, 0.6) is 0 Å². The minimum atomic E-state index is 0.372. The second-order valence-electron chi connectivity index (χ2n) is 13.6. The molecule has 2 aliphatic rings. The number of nitrogens with zero attached hydrogens (tertiary/aromatic N) is 2. The van der Waals surface area contributed by atoms with Gasteiger partial charge < -0.3 is 14.9 Å². The molecule has 2 aliphatic carbocycles. The zero-order chi connectivity index (χ0) is 32.1. The minimum absolute atomic E-state index is 0.372. The zero-order valence-electron chi connectivity index (χ0n) is 27.1. The van der Waals surface area contributed by atoms with Gasteiger partial charge in [0.1, 0.15) is 0 Å². The molecule has 3 aromatic heterocycles. The number of thiophene rings is 1. The highest BCUT2D eigenvalue weighted by atomic mass is 32.1. The maximum absolute atomic E-state index is 7.02. The third-order valence-electron chi connectivity index (χ3n) is 10.7. The molecule has 0 aliphatic heterocycles. The fourth-order valence-electron chi connectivity index (χ4n) is 8.73. The summed E-state index contributed by atoms with van der Waals surface area (Å²) in [5.41, 5.74) is 22.0. The van der Waals surface area contributed by atoms with Crippen LogP contribution in [-0.4, -0.2) is 9.13 Å². The van der Waals surface area contributed by atoms with Crippen LogP contribution in [0.25, 0.3) is 70.9 Å². The fourth-order valence-corrected chi connectivity index (χ4v) is 10.2. The molecule has 1 unspecified atom stereocenters. The summed E-state index contributed by atoms with van der Waals surface area (Å²) in [6.07, 6.45) is 6.67. The first-order valence-electron chi connectivity index (χ1n) is 17.0. The molecule has 0 saturated carbocycles. The van der Waals surface area contributed by atoms with E-state index in [0.29, 0.717) is 11.8 Å². The van der Waals surface area contributed by atoms with Crippen LogP contribution in [0.2, 0.25) is 0 Å². The molecule has 0 radical (unpaired) electrons. The highest BCUT2D eigenvalue weighted by Gasteiger charge is 2.33. The Kier molecular flexibility index (Phi) is 5.98. The van der Waals surface area contributed by atoms with Crippen molar-refractivity contribution in [3.05, 3.63) is 144 Å². The van der Waals surface area contributed by atoms with Crippen molar-refractivity contribution in [2.75, 3.05) is 5.73 Å². The van der Waals surface area contributed by atoms with Gasteiger partial charge in [0.25, 0.3) is 0 Å². The predicted molar refractivity (Wildman–Crippen MR) is 205 cm³/mol. The van der Waals surface area contributed by atoms with Crippen molar-refractivity contribution in [2.45, 2.75) is 38.5 Å². The van der Waals surface area contributed by atoms with Crippen molar-refractivity contribution in [2.24, 2.45) is 0 Å². The van der Waals surface area contributed by atoms with Gasteiger partial charge in [-0.1, -0.05) is 111 Å². The summed E-state index contributed by atoms with van der Waals surface area (Å²) in [4.78, 5) is 1.41. The molecule has 0 bridgehead atoms. The molecule has 3 heterocycles.